The predicted molar refractivity (Wildman–Crippen MR) is 90.5 cm³/mol. The first-order valence-electron chi connectivity index (χ1n) is 8.84. The summed E-state index contributed by atoms with van der Waals surface area (Å²) < 4.78 is 0. The molecule has 0 aromatic rings. The maximum atomic E-state index is 11.9. The summed E-state index contributed by atoms with van der Waals surface area (Å²) in [4.78, 5) is 23.7. The van der Waals surface area contributed by atoms with Crippen LogP contribution in [0.4, 0.5) is 0 Å². The van der Waals surface area contributed by atoms with Crippen molar-refractivity contribution in [2.24, 2.45) is 5.92 Å². The Hall–Kier alpha value is -1.06. The van der Waals surface area contributed by atoms with Crippen molar-refractivity contribution in [2.45, 2.75) is 97.1 Å². The minimum absolute atomic E-state index is 0.0771. The van der Waals surface area contributed by atoms with Gasteiger partial charge in [0.15, 0.2) is 0 Å². The molecule has 1 aliphatic rings. The molecule has 0 atom stereocenters. The molecule has 0 aromatic carbocycles. The summed E-state index contributed by atoms with van der Waals surface area (Å²) in [6, 6.07) is 0. The van der Waals surface area contributed by atoms with Gasteiger partial charge in [-0.25, -0.2) is 0 Å². The second-order valence-electron chi connectivity index (χ2n) is 7.65. The molecule has 2 amide bonds. The fourth-order valence-corrected chi connectivity index (χ4v) is 3.48. The molecular weight excluding hydrogens is 276 g/mol. The van der Waals surface area contributed by atoms with Crippen molar-refractivity contribution in [3.63, 3.8) is 0 Å². The largest absolute Gasteiger partial charge is 0.351 e. The van der Waals surface area contributed by atoms with E-state index in [1.165, 1.54) is 0 Å². The summed E-state index contributed by atoms with van der Waals surface area (Å²) in [6.07, 6.45) is 7.04. The smallest absolute Gasteiger partial charge is 0.220 e. The van der Waals surface area contributed by atoms with Gasteiger partial charge in [-0.15, -0.1) is 0 Å². The van der Waals surface area contributed by atoms with E-state index in [0.29, 0.717) is 18.8 Å². The SMILES string of the molecule is CCCC(=O)NC1(C)CCC(C(C)(C)NC(=O)CCC)CC1. The minimum Gasteiger partial charge on any atom is -0.351 e. The van der Waals surface area contributed by atoms with Crippen LogP contribution in [-0.4, -0.2) is 22.9 Å². The van der Waals surface area contributed by atoms with Gasteiger partial charge in [0.25, 0.3) is 0 Å². The van der Waals surface area contributed by atoms with E-state index in [0.717, 1.165) is 38.5 Å². The Balaban J connectivity index is 2.52. The van der Waals surface area contributed by atoms with Crippen molar-refractivity contribution in [1.82, 2.24) is 10.6 Å². The number of nitrogens with one attached hydrogen (secondary N) is 2. The van der Waals surface area contributed by atoms with Crippen LogP contribution in [0.1, 0.15) is 86.0 Å². The van der Waals surface area contributed by atoms with Gasteiger partial charge >= 0.3 is 0 Å². The van der Waals surface area contributed by atoms with E-state index in [1.807, 2.05) is 13.8 Å². The third-order valence-corrected chi connectivity index (χ3v) is 4.97. The molecule has 0 radical (unpaired) electrons. The van der Waals surface area contributed by atoms with Crippen LogP contribution in [0.25, 0.3) is 0 Å². The molecular formula is C18H34N2O2. The average Bonchev–Trinajstić information content (AvgIpc) is 2.38. The quantitative estimate of drug-likeness (QED) is 0.755. The molecule has 22 heavy (non-hydrogen) atoms. The van der Waals surface area contributed by atoms with E-state index in [4.69, 9.17) is 0 Å². The summed E-state index contributed by atoms with van der Waals surface area (Å²) in [6.45, 7) is 10.5. The minimum atomic E-state index is -0.166. The molecule has 0 unspecified atom stereocenters. The number of hydrogen-bond acceptors (Lipinski definition) is 2. The van der Waals surface area contributed by atoms with E-state index < -0.39 is 0 Å². The lowest BCUT2D eigenvalue weighted by molar-refractivity contribution is -0.123. The average molecular weight is 310 g/mol. The molecule has 2 N–H and O–H groups in total. The summed E-state index contributed by atoms with van der Waals surface area (Å²) in [7, 11) is 0. The molecule has 1 fully saturated rings. The standard InChI is InChI=1S/C18H34N2O2/c1-6-8-15(21)19-17(3,4)14-10-12-18(5,13-11-14)20-16(22)9-7-2/h14H,6-13H2,1-5H3,(H,19,21)(H,20,22). The Kier molecular flexibility index (Phi) is 6.89. The number of carbonyl (C=O) groups excluding carboxylic acids is 2. The van der Waals surface area contributed by atoms with Gasteiger partial charge in [-0.1, -0.05) is 13.8 Å². The van der Waals surface area contributed by atoms with Gasteiger partial charge in [-0.2, -0.15) is 0 Å². The van der Waals surface area contributed by atoms with Gasteiger partial charge in [0.05, 0.1) is 0 Å². The van der Waals surface area contributed by atoms with Crippen LogP contribution in [0.5, 0.6) is 0 Å². The van der Waals surface area contributed by atoms with Gasteiger partial charge in [-0.3, -0.25) is 9.59 Å². The fraction of sp³-hybridized carbons (Fsp3) is 0.889. The van der Waals surface area contributed by atoms with Gasteiger partial charge in [0.1, 0.15) is 0 Å². The fourth-order valence-electron chi connectivity index (χ4n) is 3.48. The Morgan fingerprint density at radius 3 is 2.05 bits per heavy atom. The molecule has 0 aliphatic heterocycles. The van der Waals surface area contributed by atoms with Crippen LogP contribution in [0.3, 0.4) is 0 Å². The van der Waals surface area contributed by atoms with E-state index in [9.17, 15) is 9.59 Å². The summed E-state index contributed by atoms with van der Waals surface area (Å²) >= 11 is 0. The summed E-state index contributed by atoms with van der Waals surface area (Å²) in [5.74, 6) is 0.792. The van der Waals surface area contributed by atoms with E-state index in [2.05, 4.69) is 31.4 Å². The molecule has 128 valence electrons. The van der Waals surface area contributed by atoms with Crippen LogP contribution in [0.15, 0.2) is 0 Å². The summed E-state index contributed by atoms with van der Waals surface area (Å²) in [5, 5.41) is 6.39. The molecule has 0 aromatic heterocycles. The normalized spacial score (nSPS) is 25.6. The third-order valence-electron chi connectivity index (χ3n) is 4.97. The van der Waals surface area contributed by atoms with E-state index >= 15 is 0 Å². The van der Waals surface area contributed by atoms with Crippen molar-refractivity contribution in [2.75, 3.05) is 0 Å². The van der Waals surface area contributed by atoms with E-state index in [-0.39, 0.29) is 22.9 Å². The number of hydrogen-bond donors (Lipinski definition) is 2. The van der Waals surface area contributed by atoms with Crippen molar-refractivity contribution in [3.05, 3.63) is 0 Å². The molecule has 4 nitrogen and oxygen atoms in total. The maximum absolute atomic E-state index is 11.9. The molecule has 0 bridgehead atoms. The van der Waals surface area contributed by atoms with Crippen molar-refractivity contribution in [1.29, 1.82) is 0 Å². The second-order valence-corrected chi connectivity index (χ2v) is 7.65. The van der Waals surface area contributed by atoms with Gasteiger partial charge in [0, 0.05) is 23.9 Å². The molecule has 0 spiro atoms. The topological polar surface area (TPSA) is 58.2 Å². The number of amides is 2. The molecule has 1 rings (SSSR count). The first-order valence-corrected chi connectivity index (χ1v) is 8.84. The van der Waals surface area contributed by atoms with Crippen molar-refractivity contribution >= 4 is 11.8 Å². The van der Waals surface area contributed by atoms with Gasteiger partial charge in [-0.05, 0) is 65.2 Å². The van der Waals surface area contributed by atoms with Gasteiger partial charge < -0.3 is 10.6 Å². The van der Waals surface area contributed by atoms with Gasteiger partial charge in [0.2, 0.25) is 11.8 Å². The van der Waals surface area contributed by atoms with Crippen molar-refractivity contribution in [3.8, 4) is 0 Å². The summed E-state index contributed by atoms with van der Waals surface area (Å²) in [5.41, 5.74) is -0.243. The highest BCUT2D eigenvalue weighted by atomic mass is 16.2. The van der Waals surface area contributed by atoms with Crippen LogP contribution in [0.2, 0.25) is 0 Å². The lowest BCUT2D eigenvalue weighted by Crippen LogP contribution is -2.54. The highest BCUT2D eigenvalue weighted by molar-refractivity contribution is 5.77. The molecule has 0 heterocycles. The zero-order valence-corrected chi connectivity index (χ0v) is 15.1. The number of rotatable bonds is 7. The zero-order chi connectivity index (χ0) is 16.8. The third kappa shape index (κ3) is 5.62. The highest BCUT2D eigenvalue weighted by Gasteiger charge is 2.38. The second kappa shape index (κ2) is 7.98. The highest BCUT2D eigenvalue weighted by Crippen LogP contribution is 2.37. The van der Waals surface area contributed by atoms with Crippen LogP contribution in [-0.2, 0) is 9.59 Å². The van der Waals surface area contributed by atoms with Crippen LogP contribution < -0.4 is 10.6 Å². The molecule has 1 saturated carbocycles. The first kappa shape index (κ1) is 19.0. The Morgan fingerprint density at radius 2 is 1.55 bits per heavy atom. The Bertz CT molecular complexity index is 383. The molecule has 0 saturated heterocycles. The maximum Gasteiger partial charge on any atom is 0.220 e. The monoisotopic (exact) mass is 310 g/mol. The van der Waals surface area contributed by atoms with Crippen LogP contribution >= 0.6 is 0 Å². The van der Waals surface area contributed by atoms with E-state index in [1.54, 1.807) is 0 Å². The molecule has 1 aliphatic carbocycles. The first-order chi connectivity index (χ1) is 10.2. The molecule has 4 heteroatoms. The lowest BCUT2D eigenvalue weighted by atomic mass is 9.70. The zero-order valence-electron chi connectivity index (χ0n) is 15.1. The lowest BCUT2D eigenvalue weighted by Gasteiger charge is -2.44. The number of carbonyl (C=O) groups is 2. The Morgan fingerprint density at radius 1 is 1.05 bits per heavy atom. The van der Waals surface area contributed by atoms with Crippen molar-refractivity contribution < 1.29 is 9.59 Å². The van der Waals surface area contributed by atoms with Crippen LogP contribution in [0, 0.1) is 5.92 Å². The Labute approximate surface area is 135 Å². The predicted octanol–water partition coefficient (Wildman–Crippen LogP) is 3.55.